The first-order valence-corrected chi connectivity index (χ1v) is 10.9. The van der Waals surface area contributed by atoms with E-state index in [4.69, 9.17) is 16.3 Å². The second-order valence-electron chi connectivity index (χ2n) is 8.33. The van der Waals surface area contributed by atoms with Crippen LogP contribution < -0.4 is 5.56 Å². The van der Waals surface area contributed by atoms with Crippen LogP contribution in [-0.2, 0) is 4.74 Å². The number of carbonyl (C=O) groups excluding carboxylic acids is 1. The third-order valence-electron chi connectivity index (χ3n) is 4.75. The van der Waals surface area contributed by atoms with E-state index in [0.29, 0.717) is 27.9 Å². The molecule has 0 bridgehead atoms. The lowest BCUT2D eigenvalue weighted by Gasteiger charge is -2.45. The minimum atomic E-state index is -0.573. The normalized spacial score (nSPS) is 19.0. The van der Waals surface area contributed by atoms with Crippen LogP contribution in [0.5, 0.6) is 0 Å². The minimum Gasteiger partial charge on any atom is -0.444 e. The van der Waals surface area contributed by atoms with Gasteiger partial charge >= 0.3 is 6.09 Å². The molecule has 1 fully saturated rings. The van der Waals surface area contributed by atoms with Crippen molar-refractivity contribution in [2.75, 3.05) is 6.54 Å². The molecule has 2 atom stereocenters. The number of likely N-dealkylation sites (tertiary alicyclic amines) is 1. The van der Waals surface area contributed by atoms with Crippen molar-refractivity contribution in [3.8, 4) is 5.69 Å². The topological polar surface area (TPSA) is 68.8 Å². The predicted molar refractivity (Wildman–Crippen MR) is 118 cm³/mol. The molecule has 3 heterocycles. The van der Waals surface area contributed by atoms with Crippen LogP contribution in [0, 0.1) is 5.92 Å². The maximum atomic E-state index is 13.3. The molecule has 0 N–H and O–H groups in total. The molecule has 7 nitrogen and oxygen atoms in total. The highest BCUT2D eigenvalue weighted by Gasteiger charge is 2.43. The van der Waals surface area contributed by atoms with Crippen LogP contribution in [0.2, 0.25) is 5.02 Å². The average Bonchev–Trinajstić information content (AvgIpc) is 3.04. The van der Waals surface area contributed by atoms with Crippen molar-refractivity contribution in [3.05, 3.63) is 58.0 Å². The van der Waals surface area contributed by atoms with Gasteiger partial charge in [-0.3, -0.25) is 14.3 Å². The summed E-state index contributed by atoms with van der Waals surface area (Å²) in [6, 6.07) is 10.9. The summed E-state index contributed by atoms with van der Waals surface area (Å²) < 4.78 is 8.57. The highest BCUT2D eigenvalue weighted by Crippen LogP contribution is 2.38. The van der Waals surface area contributed by atoms with Gasteiger partial charge in [0.2, 0.25) is 0 Å². The van der Waals surface area contributed by atoms with Gasteiger partial charge in [-0.15, -0.1) is 5.10 Å². The first kappa shape index (κ1) is 20.8. The highest BCUT2D eigenvalue weighted by molar-refractivity contribution is 7.99. The number of amides is 1. The Morgan fingerprint density at radius 3 is 2.57 bits per heavy atom. The van der Waals surface area contributed by atoms with Gasteiger partial charge in [0.1, 0.15) is 11.1 Å². The number of para-hydroxylation sites is 1. The zero-order valence-corrected chi connectivity index (χ0v) is 18.8. The average molecular weight is 447 g/mol. The Hall–Kier alpha value is -2.45. The SMILES string of the molecule is C[C@H]1CN(C(=O)OC(C)(C)C)C1Sc1nn2ccc(Cl)c2c(=O)n1-c1ccccc1. The van der Waals surface area contributed by atoms with E-state index in [1.807, 2.05) is 51.1 Å². The summed E-state index contributed by atoms with van der Waals surface area (Å²) >= 11 is 7.61. The number of hydrogen-bond donors (Lipinski definition) is 0. The van der Waals surface area contributed by atoms with E-state index >= 15 is 0 Å². The van der Waals surface area contributed by atoms with Gasteiger partial charge in [-0.2, -0.15) is 0 Å². The number of aromatic nitrogens is 3. The summed E-state index contributed by atoms with van der Waals surface area (Å²) in [5.74, 6) is 0.229. The first-order chi connectivity index (χ1) is 14.2. The highest BCUT2D eigenvalue weighted by atomic mass is 35.5. The van der Waals surface area contributed by atoms with Crippen molar-refractivity contribution < 1.29 is 9.53 Å². The lowest BCUT2D eigenvalue weighted by atomic mass is 10.0. The second-order valence-corrected chi connectivity index (χ2v) is 9.82. The van der Waals surface area contributed by atoms with E-state index in [2.05, 4.69) is 12.0 Å². The van der Waals surface area contributed by atoms with Crippen LogP contribution in [0.4, 0.5) is 4.79 Å². The number of benzene rings is 1. The van der Waals surface area contributed by atoms with Crippen molar-refractivity contribution in [2.45, 2.75) is 43.8 Å². The Kier molecular flexibility index (Phi) is 5.32. The van der Waals surface area contributed by atoms with Gasteiger partial charge < -0.3 is 4.74 Å². The van der Waals surface area contributed by atoms with Gasteiger partial charge in [-0.05, 0) is 39.0 Å². The molecule has 1 aliphatic rings. The predicted octanol–water partition coefficient (Wildman–Crippen LogP) is 4.44. The largest absolute Gasteiger partial charge is 0.444 e. The third-order valence-corrected chi connectivity index (χ3v) is 6.50. The fourth-order valence-corrected chi connectivity index (χ4v) is 4.84. The Balaban J connectivity index is 1.75. The molecule has 1 saturated heterocycles. The standard InChI is InChI=1S/C21H23ClN4O3S/c1-13-12-24(20(28)29-21(2,3)4)18(13)30-19-23-25-11-10-15(22)16(25)17(27)26(19)14-8-6-5-7-9-14/h5-11,13,18H,12H2,1-4H3/t13-,18?/m0/s1. The van der Waals surface area contributed by atoms with Crippen molar-refractivity contribution in [2.24, 2.45) is 5.92 Å². The lowest BCUT2D eigenvalue weighted by molar-refractivity contribution is -0.00542. The molecule has 158 valence electrons. The van der Waals surface area contributed by atoms with Crippen LogP contribution in [0.25, 0.3) is 11.2 Å². The minimum absolute atomic E-state index is 0.190. The van der Waals surface area contributed by atoms with Crippen LogP contribution in [0.3, 0.4) is 0 Å². The zero-order valence-electron chi connectivity index (χ0n) is 17.2. The Labute approximate surface area is 183 Å². The van der Waals surface area contributed by atoms with Gasteiger partial charge in [0.25, 0.3) is 5.56 Å². The molecule has 0 spiro atoms. The molecule has 2 aromatic heterocycles. The van der Waals surface area contributed by atoms with Gasteiger partial charge in [-0.25, -0.2) is 9.31 Å². The molecular weight excluding hydrogens is 424 g/mol. The van der Waals surface area contributed by atoms with Crippen LogP contribution in [-0.4, -0.2) is 42.7 Å². The fraction of sp³-hybridized carbons (Fsp3) is 0.381. The van der Waals surface area contributed by atoms with E-state index in [9.17, 15) is 9.59 Å². The van der Waals surface area contributed by atoms with Crippen molar-refractivity contribution in [1.29, 1.82) is 0 Å². The van der Waals surface area contributed by atoms with Crippen molar-refractivity contribution in [3.63, 3.8) is 0 Å². The maximum absolute atomic E-state index is 13.3. The summed E-state index contributed by atoms with van der Waals surface area (Å²) in [5, 5.41) is 5.28. The van der Waals surface area contributed by atoms with Gasteiger partial charge in [-0.1, -0.05) is 48.5 Å². The Bertz CT molecular complexity index is 1150. The number of fused-ring (bicyclic) bond motifs is 1. The number of thioether (sulfide) groups is 1. The number of carbonyl (C=O) groups is 1. The summed E-state index contributed by atoms with van der Waals surface area (Å²) in [6.45, 7) is 8.19. The van der Waals surface area contributed by atoms with E-state index < -0.39 is 5.60 Å². The number of hydrogen-bond acceptors (Lipinski definition) is 5. The molecule has 1 aliphatic heterocycles. The third kappa shape index (κ3) is 3.81. The number of halogens is 1. The molecule has 1 aromatic carbocycles. The van der Waals surface area contributed by atoms with Gasteiger partial charge in [0.15, 0.2) is 5.16 Å². The molecule has 0 radical (unpaired) electrons. The van der Waals surface area contributed by atoms with E-state index in [0.717, 1.165) is 0 Å². The van der Waals surface area contributed by atoms with Crippen molar-refractivity contribution >= 4 is 35.0 Å². The fourth-order valence-electron chi connectivity index (χ4n) is 3.35. The number of nitrogens with zero attached hydrogens (tertiary/aromatic N) is 4. The summed E-state index contributed by atoms with van der Waals surface area (Å²) in [6.07, 6.45) is 1.30. The number of ether oxygens (including phenoxy) is 1. The second kappa shape index (κ2) is 7.67. The molecular formula is C21H23ClN4O3S. The molecule has 9 heteroatoms. The Morgan fingerprint density at radius 1 is 1.23 bits per heavy atom. The molecule has 0 aliphatic carbocycles. The summed E-state index contributed by atoms with van der Waals surface area (Å²) in [4.78, 5) is 27.6. The molecule has 0 saturated carbocycles. The lowest BCUT2D eigenvalue weighted by Crippen LogP contribution is -2.57. The molecule has 4 rings (SSSR count). The van der Waals surface area contributed by atoms with E-state index in [1.165, 1.54) is 16.3 Å². The quantitative estimate of drug-likeness (QED) is 0.594. The van der Waals surface area contributed by atoms with Crippen LogP contribution >= 0.6 is 23.4 Å². The Morgan fingerprint density at radius 2 is 1.93 bits per heavy atom. The summed E-state index contributed by atoms with van der Waals surface area (Å²) in [5.41, 5.74) is 0.170. The van der Waals surface area contributed by atoms with E-state index in [1.54, 1.807) is 21.7 Å². The van der Waals surface area contributed by atoms with E-state index in [-0.39, 0.29) is 22.9 Å². The summed E-state index contributed by atoms with van der Waals surface area (Å²) in [7, 11) is 0. The van der Waals surface area contributed by atoms with Crippen LogP contribution in [0.1, 0.15) is 27.7 Å². The van der Waals surface area contributed by atoms with Gasteiger partial charge in [0, 0.05) is 18.7 Å². The van der Waals surface area contributed by atoms with Crippen molar-refractivity contribution in [1.82, 2.24) is 19.1 Å². The van der Waals surface area contributed by atoms with Crippen LogP contribution in [0.15, 0.2) is 52.5 Å². The number of rotatable bonds is 3. The maximum Gasteiger partial charge on any atom is 0.411 e. The molecule has 1 amide bonds. The smallest absolute Gasteiger partial charge is 0.411 e. The molecule has 1 unspecified atom stereocenters. The monoisotopic (exact) mass is 446 g/mol. The first-order valence-electron chi connectivity index (χ1n) is 9.67. The zero-order chi connectivity index (χ0) is 21.6. The van der Waals surface area contributed by atoms with Gasteiger partial charge in [0.05, 0.1) is 16.1 Å². The molecule has 30 heavy (non-hydrogen) atoms. The molecule has 3 aromatic rings.